The molecule has 3 aromatic carbocycles. The maximum Gasteiger partial charge on any atom is 0.261 e. The van der Waals surface area contributed by atoms with Crippen molar-refractivity contribution in [3.63, 3.8) is 0 Å². The first-order valence-electron chi connectivity index (χ1n) is 11.6. The van der Waals surface area contributed by atoms with Gasteiger partial charge in [0.1, 0.15) is 6.07 Å². The Bertz CT molecular complexity index is 1220. The van der Waals surface area contributed by atoms with E-state index < -0.39 is 0 Å². The van der Waals surface area contributed by atoms with Gasteiger partial charge in [-0.1, -0.05) is 48.5 Å². The highest BCUT2D eigenvalue weighted by Gasteiger charge is 2.34. The Morgan fingerprint density at radius 2 is 1.32 bits per heavy atom. The predicted molar refractivity (Wildman–Crippen MR) is 131 cm³/mol. The topological polar surface area (TPSA) is 67.7 Å². The van der Waals surface area contributed by atoms with Crippen LogP contribution < -0.4 is 4.90 Å². The highest BCUT2D eigenvalue weighted by atomic mass is 16.2. The molecule has 6 nitrogen and oxygen atoms in total. The van der Waals surface area contributed by atoms with E-state index in [4.69, 9.17) is 0 Å². The first-order chi connectivity index (χ1) is 16.6. The van der Waals surface area contributed by atoms with Gasteiger partial charge < -0.3 is 4.90 Å². The normalized spacial score (nSPS) is 16.0. The summed E-state index contributed by atoms with van der Waals surface area (Å²) in [5.41, 5.74) is 4.92. The lowest BCUT2D eigenvalue weighted by molar-refractivity contribution is 0.0642. The number of fused-ring (bicyclic) bond motifs is 1. The summed E-state index contributed by atoms with van der Waals surface area (Å²) >= 11 is 0. The van der Waals surface area contributed by atoms with Crippen molar-refractivity contribution in [2.24, 2.45) is 0 Å². The lowest BCUT2D eigenvalue weighted by atomic mass is 10.1. The minimum absolute atomic E-state index is 0.221. The first kappa shape index (κ1) is 21.9. The quantitative estimate of drug-likeness (QED) is 0.536. The number of nitrogens with zero attached hydrogens (tertiary/aromatic N) is 4. The van der Waals surface area contributed by atoms with Crippen molar-refractivity contribution in [1.82, 2.24) is 9.80 Å². The van der Waals surface area contributed by atoms with Crippen LogP contribution >= 0.6 is 0 Å². The van der Waals surface area contributed by atoms with Gasteiger partial charge in [-0.25, -0.2) is 0 Å². The van der Waals surface area contributed by atoms with Crippen molar-refractivity contribution >= 4 is 17.5 Å². The molecule has 0 aromatic heterocycles. The molecule has 2 aliphatic heterocycles. The van der Waals surface area contributed by atoms with Gasteiger partial charge in [0.2, 0.25) is 0 Å². The zero-order chi connectivity index (χ0) is 23.5. The molecule has 1 fully saturated rings. The maximum atomic E-state index is 12.6. The van der Waals surface area contributed by atoms with Gasteiger partial charge >= 0.3 is 0 Å². The van der Waals surface area contributed by atoms with E-state index in [1.54, 1.807) is 24.3 Å². The number of carbonyl (C=O) groups is 2. The second kappa shape index (κ2) is 9.50. The molecule has 2 amide bonds. The van der Waals surface area contributed by atoms with E-state index in [9.17, 15) is 14.9 Å². The predicted octanol–water partition coefficient (Wildman–Crippen LogP) is 3.72. The summed E-state index contributed by atoms with van der Waals surface area (Å²) in [6.45, 7) is 5.04. The van der Waals surface area contributed by atoms with Crippen molar-refractivity contribution in [3.8, 4) is 6.07 Å². The lowest BCUT2D eigenvalue weighted by Crippen LogP contribution is -2.47. The van der Waals surface area contributed by atoms with Gasteiger partial charge in [0.05, 0.1) is 28.9 Å². The number of nitriles is 1. The number of carbonyl (C=O) groups excluding carboxylic acids is 2. The fourth-order valence-electron chi connectivity index (χ4n) is 4.72. The Morgan fingerprint density at radius 1 is 0.735 bits per heavy atom. The number of rotatable bonds is 6. The number of anilines is 1. The Labute approximate surface area is 199 Å². The number of imide groups is 1. The maximum absolute atomic E-state index is 12.6. The van der Waals surface area contributed by atoms with Crippen molar-refractivity contribution < 1.29 is 9.59 Å². The van der Waals surface area contributed by atoms with Crippen LogP contribution in [0, 0.1) is 11.3 Å². The summed E-state index contributed by atoms with van der Waals surface area (Å²) in [5, 5.41) is 9.35. The molecule has 0 saturated carbocycles. The van der Waals surface area contributed by atoms with Gasteiger partial charge in [-0.3, -0.25) is 19.4 Å². The molecule has 2 heterocycles. The Balaban J connectivity index is 1.12. The van der Waals surface area contributed by atoms with Gasteiger partial charge in [-0.15, -0.1) is 0 Å². The summed E-state index contributed by atoms with van der Waals surface area (Å²) in [6, 6.07) is 25.3. The summed E-state index contributed by atoms with van der Waals surface area (Å²) < 4.78 is 0. The minimum Gasteiger partial charge on any atom is -0.368 e. The minimum atomic E-state index is -0.221. The lowest BCUT2D eigenvalue weighted by Gasteiger charge is -2.36. The molecule has 0 N–H and O–H groups in total. The molecular formula is C28H26N4O2. The first-order valence-corrected chi connectivity index (χ1v) is 11.6. The van der Waals surface area contributed by atoms with Crippen LogP contribution in [0.25, 0.3) is 0 Å². The van der Waals surface area contributed by atoms with E-state index in [0.717, 1.165) is 56.0 Å². The number of hydrogen-bond acceptors (Lipinski definition) is 5. The molecule has 6 heteroatoms. The van der Waals surface area contributed by atoms with Crippen molar-refractivity contribution in [3.05, 3.63) is 101 Å². The summed E-state index contributed by atoms with van der Waals surface area (Å²) in [7, 11) is 0. The Hall–Kier alpha value is -3.95. The fourth-order valence-corrected chi connectivity index (χ4v) is 4.72. The van der Waals surface area contributed by atoms with Gasteiger partial charge in [-0.2, -0.15) is 5.26 Å². The Morgan fingerprint density at radius 3 is 1.97 bits per heavy atom. The molecule has 0 spiro atoms. The molecule has 0 radical (unpaired) electrons. The monoisotopic (exact) mass is 450 g/mol. The van der Waals surface area contributed by atoms with Crippen LogP contribution in [0.3, 0.4) is 0 Å². The SMILES string of the molecule is N#Cc1ccccc1N1CCN(CCc2ccc(CN3C(=O)c4ccccc4C3=O)cc2)CC1. The van der Waals surface area contributed by atoms with E-state index in [0.29, 0.717) is 17.7 Å². The van der Waals surface area contributed by atoms with E-state index >= 15 is 0 Å². The van der Waals surface area contributed by atoms with Crippen LogP contribution in [-0.4, -0.2) is 54.3 Å². The molecule has 0 unspecified atom stereocenters. The summed E-state index contributed by atoms with van der Waals surface area (Å²) in [6.07, 6.45) is 0.947. The standard InChI is InChI=1S/C28H26N4O2/c29-19-23-5-1-4-8-26(23)31-17-15-30(16-18-31)14-13-21-9-11-22(12-10-21)20-32-27(33)24-6-2-3-7-25(24)28(32)34/h1-12H,13-18,20H2. The van der Waals surface area contributed by atoms with E-state index in [1.165, 1.54) is 10.5 Å². The summed E-state index contributed by atoms with van der Waals surface area (Å²) in [4.78, 5) is 31.2. The molecule has 0 bridgehead atoms. The average molecular weight is 451 g/mol. The van der Waals surface area contributed by atoms with E-state index in [2.05, 4.69) is 28.0 Å². The van der Waals surface area contributed by atoms with E-state index in [-0.39, 0.29) is 11.8 Å². The molecule has 0 aliphatic carbocycles. The third-order valence-corrected chi connectivity index (χ3v) is 6.70. The van der Waals surface area contributed by atoms with E-state index in [1.807, 2.05) is 36.4 Å². The van der Waals surface area contributed by atoms with Crippen molar-refractivity contribution in [2.75, 3.05) is 37.6 Å². The molecule has 34 heavy (non-hydrogen) atoms. The van der Waals surface area contributed by atoms with Crippen molar-refractivity contribution in [2.45, 2.75) is 13.0 Å². The zero-order valence-corrected chi connectivity index (χ0v) is 19.0. The number of benzene rings is 3. The average Bonchev–Trinajstić information content (AvgIpc) is 3.13. The Kier molecular flexibility index (Phi) is 6.11. The van der Waals surface area contributed by atoms with Gasteiger partial charge in [0.25, 0.3) is 11.8 Å². The highest BCUT2D eigenvalue weighted by molar-refractivity contribution is 6.21. The zero-order valence-electron chi connectivity index (χ0n) is 19.0. The molecule has 3 aromatic rings. The summed E-state index contributed by atoms with van der Waals surface area (Å²) in [5.74, 6) is -0.442. The largest absolute Gasteiger partial charge is 0.368 e. The number of hydrogen-bond donors (Lipinski definition) is 0. The molecule has 170 valence electrons. The van der Waals surface area contributed by atoms with Crippen LogP contribution in [0.4, 0.5) is 5.69 Å². The van der Waals surface area contributed by atoms with Crippen LogP contribution in [-0.2, 0) is 13.0 Å². The fraction of sp³-hybridized carbons (Fsp3) is 0.250. The number of amides is 2. The second-order valence-electron chi connectivity index (χ2n) is 8.77. The van der Waals surface area contributed by atoms with Gasteiger partial charge in [0.15, 0.2) is 0 Å². The van der Waals surface area contributed by atoms with Gasteiger partial charge in [-0.05, 0) is 41.8 Å². The molecule has 2 aliphatic rings. The smallest absolute Gasteiger partial charge is 0.261 e. The van der Waals surface area contributed by atoms with Crippen LogP contribution in [0.2, 0.25) is 0 Å². The molecule has 5 rings (SSSR count). The third-order valence-electron chi connectivity index (χ3n) is 6.70. The molecule has 1 saturated heterocycles. The van der Waals surface area contributed by atoms with Crippen molar-refractivity contribution in [1.29, 1.82) is 5.26 Å². The number of piperazine rings is 1. The van der Waals surface area contributed by atoms with Crippen LogP contribution in [0.5, 0.6) is 0 Å². The molecule has 0 atom stereocenters. The molecular weight excluding hydrogens is 424 g/mol. The van der Waals surface area contributed by atoms with Gasteiger partial charge in [0, 0.05) is 32.7 Å². The third kappa shape index (κ3) is 4.30. The van der Waals surface area contributed by atoms with Crippen LogP contribution in [0.1, 0.15) is 37.4 Å². The highest BCUT2D eigenvalue weighted by Crippen LogP contribution is 2.24. The second-order valence-corrected chi connectivity index (χ2v) is 8.77. The van der Waals surface area contributed by atoms with Crippen LogP contribution in [0.15, 0.2) is 72.8 Å². The number of para-hydroxylation sites is 1.